The maximum Gasteiger partial charge on any atom is 0.344 e. The van der Waals surface area contributed by atoms with Crippen molar-refractivity contribution in [3.63, 3.8) is 0 Å². The summed E-state index contributed by atoms with van der Waals surface area (Å²) in [6, 6.07) is 7.05. The lowest BCUT2D eigenvalue weighted by Crippen LogP contribution is -2.23. The van der Waals surface area contributed by atoms with E-state index < -0.39 is 5.97 Å². The Morgan fingerprint density at radius 1 is 1.19 bits per heavy atom. The van der Waals surface area contributed by atoms with E-state index in [1.807, 2.05) is 26.8 Å². The molecule has 0 saturated carbocycles. The predicted octanol–water partition coefficient (Wildman–Crippen LogP) is 6.31. The zero-order valence-corrected chi connectivity index (χ0v) is 24.2. The molecule has 1 heterocycles. The Bertz CT molecular complexity index is 1360. The second-order valence-corrected chi connectivity index (χ2v) is 9.84. The molecule has 1 atom stereocenters. The van der Waals surface area contributed by atoms with Gasteiger partial charge >= 0.3 is 5.97 Å². The molecule has 0 radical (unpaired) electrons. The van der Waals surface area contributed by atoms with Crippen molar-refractivity contribution < 1.29 is 19.0 Å². The number of ether oxygens (including phenoxy) is 3. The van der Waals surface area contributed by atoms with E-state index in [0.29, 0.717) is 39.1 Å². The smallest absolute Gasteiger partial charge is 0.344 e. The molecule has 0 saturated heterocycles. The third-order valence-corrected chi connectivity index (χ3v) is 7.23. The van der Waals surface area contributed by atoms with Crippen LogP contribution in [0.5, 0.6) is 11.5 Å². The monoisotopic (exact) mass is 641 g/mol. The number of fused-ring (bicyclic) bond motifs is 1. The van der Waals surface area contributed by atoms with Gasteiger partial charge in [-0.3, -0.25) is 4.79 Å². The number of rotatable bonds is 10. The summed E-state index contributed by atoms with van der Waals surface area (Å²) in [4.78, 5) is 29.9. The largest absolute Gasteiger partial charge is 0.490 e. The quantitative estimate of drug-likeness (QED) is 0.190. The number of carbonyl (C=O) groups is 1. The number of hydrogen-bond acceptors (Lipinski definition) is 7. The zero-order chi connectivity index (χ0) is 26.4. The maximum absolute atomic E-state index is 13.4. The highest BCUT2D eigenvalue weighted by molar-refractivity contribution is 9.10. The van der Waals surface area contributed by atoms with Crippen molar-refractivity contribution in [3.8, 4) is 11.5 Å². The Morgan fingerprint density at radius 2 is 1.94 bits per heavy atom. The molecule has 11 heteroatoms. The van der Waals surface area contributed by atoms with Crippen molar-refractivity contribution in [2.45, 2.75) is 40.0 Å². The van der Waals surface area contributed by atoms with Gasteiger partial charge < -0.3 is 14.2 Å². The lowest BCUT2D eigenvalue weighted by atomic mass is 10.1. The van der Waals surface area contributed by atoms with Crippen LogP contribution in [0.2, 0.25) is 5.02 Å². The van der Waals surface area contributed by atoms with Crippen LogP contribution < -0.4 is 15.0 Å². The summed E-state index contributed by atoms with van der Waals surface area (Å²) >= 11 is 13.4. The summed E-state index contributed by atoms with van der Waals surface area (Å²) in [5.41, 5.74) is 0.869. The lowest BCUT2D eigenvalue weighted by molar-refractivity contribution is -0.145. The molecule has 2 aromatic carbocycles. The summed E-state index contributed by atoms with van der Waals surface area (Å²) in [6.07, 6.45) is 2.28. The van der Waals surface area contributed by atoms with E-state index in [2.05, 4.69) is 37.0 Å². The van der Waals surface area contributed by atoms with Gasteiger partial charge in [0.2, 0.25) is 0 Å². The normalized spacial score (nSPS) is 12.2. The summed E-state index contributed by atoms with van der Waals surface area (Å²) < 4.78 is 18.8. The van der Waals surface area contributed by atoms with E-state index in [1.54, 1.807) is 25.1 Å². The van der Waals surface area contributed by atoms with Gasteiger partial charge in [-0.2, -0.15) is 9.78 Å². The maximum atomic E-state index is 13.4. The Hall–Kier alpha value is -2.43. The fraction of sp³-hybridized carbons (Fsp3) is 0.360. The molecule has 0 bridgehead atoms. The molecule has 0 spiro atoms. The molecule has 0 fully saturated rings. The molecule has 0 aliphatic rings. The van der Waals surface area contributed by atoms with Gasteiger partial charge in [0.25, 0.3) is 5.56 Å². The highest BCUT2D eigenvalue weighted by Gasteiger charge is 2.20. The van der Waals surface area contributed by atoms with Gasteiger partial charge in [0.15, 0.2) is 18.1 Å². The Kier molecular flexibility index (Phi) is 9.92. The number of nitrogens with zero attached hydrogens (tertiary/aromatic N) is 3. The average molecular weight is 644 g/mol. The summed E-state index contributed by atoms with van der Waals surface area (Å²) in [5.74, 6) is 0.546. The van der Waals surface area contributed by atoms with Crippen molar-refractivity contribution in [1.29, 1.82) is 0 Å². The number of aromatic nitrogens is 2. The third-order valence-electron chi connectivity index (χ3n) is 5.29. The van der Waals surface area contributed by atoms with Crippen molar-refractivity contribution in [2.24, 2.45) is 5.10 Å². The molecular weight excluding hydrogens is 618 g/mol. The third kappa shape index (κ3) is 6.27. The molecular formula is C25H26Br2ClN3O5. The van der Waals surface area contributed by atoms with E-state index in [1.165, 1.54) is 10.9 Å². The van der Waals surface area contributed by atoms with Gasteiger partial charge in [-0.15, -0.1) is 0 Å². The molecule has 0 N–H and O–H groups in total. The second kappa shape index (κ2) is 12.7. The molecule has 8 nitrogen and oxygen atoms in total. The van der Waals surface area contributed by atoms with Gasteiger partial charge in [-0.1, -0.05) is 41.4 Å². The highest BCUT2D eigenvalue weighted by Crippen LogP contribution is 2.42. The van der Waals surface area contributed by atoms with Crippen LogP contribution in [0.1, 0.15) is 51.4 Å². The summed E-state index contributed by atoms with van der Waals surface area (Å²) in [7, 11) is 0. The van der Waals surface area contributed by atoms with E-state index in [0.717, 1.165) is 10.9 Å². The minimum atomic E-state index is -0.523. The topological polar surface area (TPSA) is 92.0 Å². The Balaban J connectivity index is 2.10. The fourth-order valence-electron chi connectivity index (χ4n) is 3.33. The second-order valence-electron chi connectivity index (χ2n) is 7.75. The van der Waals surface area contributed by atoms with Gasteiger partial charge in [0.1, 0.15) is 10.8 Å². The number of esters is 1. The first kappa shape index (κ1) is 28.1. The lowest BCUT2D eigenvalue weighted by Gasteiger charge is -2.16. The summed E-state index contributed by atoms with van der Waals surface area (Å²) in [5, 5.41) is 5.14. The zero-order valence-electron chi connectivity index (χ0n) is 20.3. The standard InChI is InChI=1S/C25H26Br2ClN3O5/c1-5-14(4)24-30-18-9-8-16(26)11-17(18)25(33)31(24)29-12-15-10-19(34-6-2)23(22(28)21(15)27)36-13-20(32)35-7-3/h8-12,14H,5-7,13H2,1-4H3/t14-/m1/s1. The minimum absolute atomic E-state index is 0.00689. The molecule has 0 amide bonds. The molecule has 36 heavy (non-hydrogen) atoms. The molecule has 0 unspecified atom stereocenters. The predicted molar refractivity (Wildman–Crippen MR) is 148 cm³/mol. The van der Waals surface area contributed by atoms with Crippen LogP contribution in [-0.2, 0) is 9.53 Å². The van der Waals surface area contributed by atoms with Gasteiger partial charge in [-0.25, -0.2) is 9.78 Å². The van der Waals surface area contributed by atoms with E-state index in [4.69, 9.17) is 30.8 Å². The van der Waals surface area contributed by atoms with E-state index >= 15 is 0 Å². The van der Waals surface area contributed by atoms with Crippen LogP contribution in [0.15, 0.2) is 43.1 Å². The van der Waals surface area contributed by atoms with Crippen LogP contribution >= 0.6 is 43.5 Å². The first-order valence-electron chi connectivity index (χ1n) is 11.4. The van der Waals surface area contributed by atoms with Crippen LogP contribution in [0.4, 0.5) is 0 Å². The van der Waals surface area contributed by atoms with Crippen LogP contribution in [-0.4, -0.2) is 41.7 Å². The van der Waals surface area contributed by atoms with Gasteiger partial charge in [0.05, 0.1) is 30.3 Å². The fourth-order valence-corrected chi connectivity index (χ4v) is 4.34. The van der Waals surface area contributed by atoms with Crippen molar-refractivity contribution >= 4 is 66.5 Å². The average Bonchev–Trinajstić information content (AvgIpc) is 2.86. The highest BCUT2D eigenvalue weighted by atomic mass is 79.9. The SMILES string of the molecule is CCOC(=O)COc1c(OCC)cc(C=Nn2c([C@H](C)CC)nc3ccc(Br)cc3c2=O)c(Br)c1Cl. The minimum Gasteiger partial charge on any atom is -0.490 e. The number of halogens is 3. The first-order valence-corrected chi connectivity index (χ1v) is 13.4. The molecule has 0 aliphatic heterocycles. The molecule has 1 aromatic heterocycles. The van der Waals surface area contributed by atoms with Crippen molar-refractivity contribution in [2.75, 3.05) is 19.8 Å². The molecule has 3 rings (SSSR count). The van der Waals surface area contributed by atoms with E-state index in [9.17, 15) is 9.59 Å². The van der Waals surface area contributed by atoms with Crippen LogP contribution in [0, 0.1) is 0 Å². The molecule has 3 aromatic rings. The van der Waals surface area contributed by atoms with Crippen LogP contribution in [0.3, 0.4) is 0 Å². The van der Waals surface area contributed by atoms with Gasteiger partial charge in [-0.05, 0) is 60.5 Å². The Labute approximate surface area is 230 Å². The molecule has 192 valence electrons. The number of hydrogen-bond donors (Lipinski definition) is 0. The molecule has 0 aliphatic carbocycles. The number of carbonyl (C=O) groups excluding carboxylic acids is 1. The van der Waals surface area contributed by atoms with Gasteiger partial charge in [0, 0.05) is 20.4 Å². The first-order chi connectivity index (χ1) is 17.2. The van der Waals surface area contributed by atoms with Crippen molar-refractivity contribution in [3.05, 3.63) is 60.0 Å². The Morgan fingerprint density at radius 3 is 2.61 bits per heavy atom. The van der Waals surface area contributed by atoms with Crippen molar-refractivity contribution in [1.82, 2.24) is 9.66 Å². The number of benzene rings is 2. The van der Waals surface area contributed by atoms with Crippen LogP contribution in [0.25, 0.3) is 10.9 Å². The van der Waals surface area contributed by atoms with E-state index in [-0.39, 0.29) is 35.5 Å². The summed E-state index contributed by atoms with van der Waals surface area (Å²) in [6.45, 7) is 7.81.